The second kappa shape index (κ2) is 8.04. The van der Waals surface area contributed by atoms with Gasteiger partial charge < -0.3 is 20.1 Å². The van der Waals surface area contributed by atoms with Crippen molar-refractivity contribution < 1.29 is 19.0 Å². The Labute approximate surface area is 175 Å². The van der Waals surface area contributed by atoms with E-state index in [-0.39, 0.29) is 11.9 Å². The Hall–Kier alpha value is -1.97. The Balaban J connectivity index is 1.37. The Morgan fingerprint density at radius 2 is 2.07 bits per heavy atom. The number of halogens is 1. The quantitative estimate of drug-likeness (QED) is 0.681. The number of nitrogens with zero attached hydrogens (tertiary/aromatic N) is 3. The highest BCUT2D eigenvalue weighted by Gasteiger charge is 2.47. The number of thiocarbonyl (C=S) groups is 1. The molecule has 0 spiro atoms. The zero-order valence-electron chi connectivity index (χ0n) is 16.6. The lowest BCUT2D eigenvalue weighted by molar-refractivity contribution is -0.0246. The number of anilines is 2. The molecule has 2 saturated heterocycles. The molecule has 1 unspecified atom stereocenters. The van der Waals surface area contributed by atoms with E-state index in [4.69, 9.17) is 17.0 Å². The van der Waals surface area contributed by atoms with Crippen molar-refractivity contribution in [3.8, 4) is 0 Å². The van der Waals surface area contributed by atoms with Crippen LogP contribution in [-0.4, -0.2) is 72.2 Å². The van der Waals surface area contributed by atoms with E-state index >= 15 is 0 Å². The molecule has 9 heteroatoms. The van der Waals surface area contributed by atoms with Crippen LogP contribution in [0.15, 0.2) is 18.2 Å². The van der Waals surface area contributed by atoms with Gasteiger partial charge >= 0.3 is 6.09 Å². The van der Waals surface area contributed by atoms with Crippen LogP contribution in [0.2, 0.25) is 0 Å². The van der Waals surface area contributed by atoms with Crippen molar-refractivity contribution in [3.05, 3.63) is 24.0 Å². The lowest BCUT2D eigenvalue weighted by Crippen LogP contribution is -2.51. The van der Waals surface area contributed by atoms with Crippen molar-refractivity contribution in [2.45, 2.75) is 38.0 Å². The molecule has 3 fully saturated rings. The maximum absolute atomic E-state index is 14.8. The summed E-state index contributed by atoms with van der Waals surface area (Å²) in [5, 5.41) is 13.3. The summed E-state index contributed by atoms with van der Waals surface area (Å²) in [5.41, 5.74) is 0.384. The molecule has 158 valence electrons. The number of ether oxygens (including phenoxy) is 1. The topological polar surface area (TPSA) is 68.3 Å². The van der Waals surface area contributed by atoms with Crippen LogP contribution in [0, 0.1) is 5.82 Å². The average molecular weight is 423 g/mol. The van der Waals surface area contributed by atoms with E-state index in [0.29, 0.717) is 50.6 Å². The average Bonchev–Trinajstić information content (AvgIpc) is 3.37. The molecule has 2 aliphatic heterocycles. The van der Waals surface area contributed by atoms with Gasteiger partial charge in [-0.2, -0.15) is 0 Å². The fourth-order valence-electron chi connectivity index (χ4n) is 3.90. The first-order valence-corrected chi connectivity index (χ1v) is 10.6. The van der Waals surface area contributed by atoms with Gasteiger partial charge in [0.1, 0.15) is 17.6 Å². The highest BCUT2D eigenvalue weighted by Crippen LogP contribution is 2.39. The van der Waals surface area contributed by atoms with Crippen LogP contribution in [0.25, 0.3) is 0 Å². The number of carbonyl (C=O) groups excluding carboxylic acids is 1. The van der Waals surface area contributed by atoms with Crippen molar-refractivity contribution in [2.24, 2.45) is 0 Å². The van der Waals surface area contributed by atoms with Gasteiger partial charge in [-0.25, -0.2) is 9.18 Å². The number of hydrogen-bond acceptors (Lipinski definition) is 6. The number of carbonyl (C=O) groups is 1. The first-order valence-electron chi connectivity index (χ1n) is 10.2. The van der Waals surface area contributed by atoms with E-state index in [0.717, 1.165) is 24.3 Å². The summed E-state index contributed by atoms with van der Waals surface area (Å²) in [5.74, 6) is -0.359. The van der Waals surface area contributed by atoms with E-state index in [1.165, 1.54) is 11.0 Å². The first kappa shape index (κ1) is 20.3. The van der Waals surface area contributed by atoms with Crippen molar-refractivity contribution >= 4 is 34.7 Å². The van der Waals surface area contributed by atoms with Crippen LogP contribution < -0.4 is 15.1 Å². The van der Waals surface area contributed by atoms with Gasteiger partial charge in [-0.05, 0) is 37.5 Å². The van der Waals surface area contributed by atoms with Gasteiger partial charge in [0, 0.05) is 26.2 Å². The third-order valence-electron chi connectivity index (χ3n) is 5.87. The maximum Gasteiger partial charge on any atom is 0.414 e. The standard InChI is InChI=1S/C20H27FN4O3S/c1-2-18(29)22-12-15-13-25(19(26)28-15)14-3-4-17(16(21)11-14)23-7-9-24(10-8-23)20(27)5-6-20/h3-4,11,15,27H,2,5-10,12-13H2,1H3,(H,22,29). The van der Waals surface area contributed by atoms with Gasteiger partial charge in [0.2, 0.25) is 0 Å². The smallest absolute Gasteiger partial charge is 0.414 e. The van der Waals surface area contributed by atoms with Crippen molar-refractivity contribution in [1.29, 1.82) is 0 Å². The van der Waals surface area contributed by atoms with Gasteiger partial charge in [0.05, 0.1) is 29.5 Å². The number of cyclic esters (lactones) is 1. The molecule has 0 radical (unpaired) electrons. The third kappa shape index (κ3) is 4.31. The van der Waals surface area contributed by atoms with Crippen LogP contribution in [0.1, 0.15) is 26.2 Å². The van der Waals surface area contributed by atoms with Crippen molar-refractivity contribution in [3.63, 3.8) is 0 Å². The van der Waals surface area contributed by atoms with E-state index < -0.39 is 11.8 Å². The molecular weight excluding hydrogens is 395 g/mol. The molecule has 1 saturated carbocycles. The third-order valence-corrected chi connectivity index (χ3v) is 6.30. The Morgan fingerprint density at radius 3 is 2.69 bits per heavy atom. The molecule has 2 heterocycles. The molecule has 1 aromatic rings. The molecule has 2 N–H and O–H groups in total. The summed E-state index contributed by atoms with van der Waals surface area (Å²) in [6.45, 7) is 5.51. The van der Waals surface area contributed by atoms with E-state index in [9.17, 15) is 14.3 Å². The molecule has 3 aliphatic rings. The summed E-state index contributed by atoms with van der Waals surface area (Å²) in [6.07, 6.45) is 1.58. The molecule has 0 bridgehead atoms. The van der Waals surface area contributed by atoms with Crippen molar-refractivity contribution in [2.75, 3.05) is 49.1 Å². The van der Waals surface area contributed by atoms with Gasteiger partial charge in [0.25, 0.3) is 0 Å². The number of benzene rings is 1. The molecule has 4 rings (SSSR count). The zero-order valence-corrected chi connectivity index (χ0v) is 17.4. The molecule has 1 amide bonds. The minimum atomic E-state index is -0.628. The molecule has 7 nitrogen and oxygen atoms in total. The van der Waals surface area contributed by atoms with E-state index in [1.807, 2.05) is 11.8 Å². The molecule has 1 aliphatic carbocycles. The fraction of sp³-hybridized carbons (Fsp3) is 0.600. The summed E-state index contributed by atoms with van der Waals surface area (Å²) in [4.78, 5) is 18.5. The lowest BCUT2D eigenvalue weighted by Gasteiger charge is -2.38. The molecule has 1 atom stereocenters. The largest absolute Gasteiger partial charge is 0.442 e. The predicted octanol–water partition coefficient (Wildman–Crippen LogP) is 2.08. The monoisotopic (exact) mass is 422 g/mol. The van der Waals surface area contributed by atoms with Gasteiger partial charge in [-0.1, -0.05) is 19.1 Å². The fourth-order valence-corrected chi connectivity index (χ4v) is 3.99. The van der Waals surface area contributed by atoms with Gasteiger partial charge in [-0.15, -0.1) is 0 Å². The van der Waals surface area contributed by atoms with Crippen LogP contribution in [0.5, 0.6) is 0 Å². The number of aliphatic hydroxyl groups is 1. The minimum Gasteiger partial charge on any atom is -0.442 e. The number of hydrogen-bond donors (Lipinski definition) is 2. The zero-order chi connectivity index (χ0) is 20.6. The number of amides is 1. The predicted molar refractivity (Wildman–Crippen MR) is 113 cm³/mol. The van der Waals surface area contributed by atoms with Gasteiger partial charge in [-0.3, -0.25) is 9.80 Å². The molecule has 1 aromatic carbocycles. The van der Waals surface area contributed by atoms with E-state index in [2.05, 4.69) is 10.2 Å². The Bertz CT molecular complexity index is 796. The maximum atomic E-state index is 14.8. The SMILES string of the molecule is CCC(=S)NCC1CN(c2ccc(N3CCN(C4(O)CC4)CC3)c(F)c2)C(=O)O1. The minimum absolute atomic E-state index is 0.323. The second-order valence-corrected chi connectivity index (χ2v) is 8.36. The van der Waals surface area contributed by atoms with Crippen LogP contribution in [0.4, 0.5) is 20.6 Å². The number of nitrogens with one attached hydrogen (secondary N) is 1. The molecule has 29 heavy (non-hydrogen) atoms. The first-order chi connectivity index (χ1) is 13.9. The van der Waals surface area contributed by atoms with Crippen LogP contribution in [0.3, 0.4) is 0 Å². The number of rotatable bonds is 6. The second-order valence-electron chi connectivity index (χ2n) is 7.87. The highest BCUT2D eigenvalue weighted by atomic mass is 32.1. The van der Waals surface area contributed by atoms with E-state index in [1.54, 1.807) is 12.1 Å². The van der Waals surface area contributed by atoms with Crippen molar-refractivity contribution in [1.82, 2.24) is 10.2 Å². The summed E-state index contributed by atoms with van der Waals surface area (Å²) >= 11 is 5.13. The van der Waals surface area contributed by atoms with Crippen LogP contribution >= 0.6 is 12.2 Å². The Morgan fingerprint density at radius 1 is 1.34 bits per heavy atom. The number of piperazine rings is 1. The van der Waals surface area contributed by atoms with Crippen LogP contribution in [-0.2, 0) is 4.74 Å². The lowest BCUT2D eigenvalue weighted by atomic mass is 10.2. The molecule has 0 aromatic heterocycles. The Kier molecular flexibility index (Phi) is 5.63. The van der Waals surface area contributed by atoms with Gasteiger partial charge in [0.15, 0.2) is 0 Å². The summed E-state index contributed by atoms with van der Waals surface area (Å²) < 4.78 is 20.2. The highest BCUT2D eigenvalue weighted by molar-refractivity contribution is 7.80. The normalized spacial score (nSPS) is 23.8. The molecular formula is C20H27FN4O3S. The summed E-state index contributed by atoms with van der Waals surface area (Å²) in [6, 6.07) is 4.87. The summed E-state index contributed by atoms with van der Waals surface area (Å²) in [7, 11) is 0.